The first kappa shape index (κ1) is 20.5. The number of nitrogens with zero attached hydrogens (tertiary/aromatic N) is 2. The van der Waals surface area contributed by atoms with E-state index in [1.165, 1.54) is 12.0 Å². The average Bonchev–Trinajstić information content (AvgIpc) is 3.38. The third-order valence-electron chi connectivity index (χ3n) is 5.68. The Balaban J connectivity index is 1.66. The van der Waals surface area contributed by atoms with E-state index in [1.54, 1.807) is 54.9 Å². The average molecular weight is 440 g/mol. The number of aromatic nitrogens is 1. The largest absolute Gasteiger partial charge is 0.503 e. The Labute approximate surface area is 189 Å². The van der Waals surface area contributed by atoms with Gasteiger partial charge in [0.1, 0.15) is 0 Å². The smallest absolute Gasteiger partial charge is 0.294 e. The number of amides is 1. The number of rotatable bonds is 5. The minimum atomic E-state index is -0.865. The highest BCUT2D eigenvalue weighted by Crippen LogP contribution is 2.42. The molecule has 4 aromatic rings. The number of hydrogen-bond acceptors (Lipinski definition) is 6. The number of fused-ring (bicyclic) bond motifs is 1. The molecule has 0 fully saturated rings. The van der Waals surface area contributed by atoms with Crippen molar-refractivity contribution in [1.82, 2.24) is 4.98 Å². The van der Waals surface area contributed by atoms with E-state index in [4.69, 9.17) is 9.15 Å². The second kappa shape index (κ2) is 7.94. The number of ether oxygens (including phenoxy) is 1. The van der Waals surface area contributed by atoms with Crippen LogP contribution in [-0.2, 0) is 4.79 Å². The van der Waals surface area contributed by atoms with Crippen molar-refractivity contribution in [2.75, 3.05) is 12.0 Å². The molecule has 0 saturated heterocycles. The molecule has 1 atom stereocenters. The number of aliphatic hydroxyl groups is 1. The van der Waals surface area contributed by atoms with Gasteiger partial charge in [-0.05, 0) is 48.4 Å². The molecule has 164 valence electrons. The first-order chi connectivity index (χ1) is 16.0. The van der Waals surface area contributed by atoms with E-state index in [9.17, 15) is 14.7 Å². The van der Waals surface area contributed by atoms with Gasteiger partial charge in [-0.2, -0.15) is 0 Å². The van der Waals surface area contributed by atoms with E-state index >= 15 is 0 Å². The molecule has 1 unspecified atom stereocenters. The molecule has 2 aromatic heterocycles. The highest BCUT2D eigenvalue weighted by Gasteiger charge is 2.45. The fourth-order valence-electron chi connectivity index (χ4n) is 4.18. The summed E-state index contributed by atoms with van der Waals surface area (Å²) in [4.78, 5) is 32.4. The molecule has 5 rings (SSSR count). The lowest BCUT2D eigenvalue weighted by molar-refractivity contribution is -0.117. The maximum atomic E-state index is 13.6. The van der Waals surface area contributed by atoms with Gasteiger partial charge in [0.2, 0.25) is 5.78 Å². The van der Waals surface area contributed by atoms with E-state index in [0.29, 0.717) is 28.0 Å². The number of pyridine rings is 1. The standard InChI is InChI=1S/C26H20N2O5/c1-15-6-3-9-18(12-15)28-22(17-8-5-11-27-14-17)21(24(30)26(28)31)23(29)20-13-16-7-4-10-19(32-2)25(16)33-20/h3-14,22,30H,1-2H3. The zero-order valence-corrected chi connectivity index (χ0v) is 18.0. The number of furan rings is 1. The summed E-state index contributed by atoms with van der Waals surface area (Å²) in [5, 5.41) is 11.6. The van der Waals surface area contributed by atoms with E-state index in [-0.39, 0.29) is 11.3 Å². The summed E-state index contributed by atoms with van der Waals surface area (Å²) >= 11 is 0. The zero-order chi connectivity index (χ0) is 23.1. The Bertz CT molecular complexity index is 1420. The van der Waals surface area contributed by atoms with Crippen LogP contribution in [0.4, 0.5) is 5.69 Å². The van der Waals surface area contributed by atoms with Gasteiger partial charge in [0.25, 0.3) is 5.91 Å². The third-order valence-corrected chi connectivity index (χ3v) is 5.68. The maximum absolute atomic E-state index is 13.6. The van der Waals surface area contributed by atoms with Crippen LogP contribution in [0.3, 0.4) is 0 Å². The van der Waals surface area contributed by atoms with Crippen molar-refractivity contribution in [2.24, 2.45) is 0 Å². The molecule has 1 aliphatic heterocycles. The van der Waals surface area contributed by atoms with Crippen molar-refractivity contribution in [3.05, 3.63) is 101 Å². The number of benzene rings is 2. The first-order valence-electron chi connectivity index (χ1n) is 10.3. The quantitative estimate of drug-likeness (QED) is 0.443. The van der Waals surface area contributed by atoms with Gasteiger partial charge < -0.3 is 14.3 Å². The van der Waals surface area contributed by atoms with Crippen LogP contribution >= 0.6 is 0 Å². The molecule has 33 heavy (non-hydrogen) atoms. The number of aliphatic hydroxyl groups excluding tert-OH is 1. The van der Waals surface area contributed by atoms with Gasteiger partial charge in [-0.25, -0.2) is 0 Å². The molecular formula is C26H20N2O5. The predicted molar refractivity (Wildman–Crippen MR) is 122 cm³/mol. The van der Waals surface area contributed by atoms with Crippen molar-refractivity contribution >= 4 is 28.3 Å². The Morgan fingerprint density at radius 1 is 1.12 bits per heavy atom. The fraction of sp³-hybridized carbons (Fsp3) is 0.115. The summed E-state index contributed by atoms with van der Waals surface area (Å²) in [6.45, 7) is 1.91. The minimum Gasteiger partial charge on any atom is -0.503 e. The molecule has 2 aromatic carbocycles. The molecule has 0 radical (unpaired) electrons. The SMILES string of the molecule is COc1cccc2cc(C(=O)C3=C(O)C(=O)N(c4cccc(C)c4)C3c3cccnc3)oc12. The Hall–Kier alpha value is -4.39. The van der Waals surface area contributed by atoms with Crippen molar-refractivity contribution in [3.8, 4) is 5.75 Å². The highest BCUT2D eigenvalue weighted by molar-refractivity contribution is 6.20. The molecule has 1 aliphatic rings. The van der Waals surface area contributed by atoms with E-state index < -0.39 is 23.5 Å². The molecule has 3 heterocycles. The molecule has 0 spiro atoms. The number of anilines is 1. The Kier molecular flexibility index (Phi) is 4.94. The summed E-state index contributed by atoms with van der Waals surface area (Å²) in [6.07, 6.45) is 3.18. The van der Waals surface area contributed by atoms with E-state index in [0.717, 1.165) is 5.56 Å². The van der Waals surface area contributed by atoms with Gasteiger partial charge in [-0.1, -0.05) is 30.3 Å². The van der Waals surface area contributed by atoms with Crippen molar-refractivity contribution in [3.63, 3.8) is 0 Å². The van der Waals surface area contributed by atoms with Crippen LogP contribution in [0.2, 0.25) is 0 Å². The van der Waals surface area contributed by atoms with E-state index in [2.05, 4.69) is 4.98 Å². The Morgan fingerprint density at radius 3 is 2.67 bits per heavy atom. The lowest BCUT2D eigenvalue weighted by atomic mass is 9.95. The number of aryl methyl sites for hydroxylation is 1. The first-order valence-corrected chi connectivity index (χ1v) is 10.3. The van der Waals surface area contributed by atoms with Gasteiger partial charge in [0.15, 0.2) is 22.9 Å². The summed E-state index contributed by atoms with van der Waals surface area (Å²) in [5.74, 6) is -1.36. The van der Waals surface area contributed by atoms with Crippen LogP contribution in [0.15, 0.2) is 88.8 Å². The highest BCUT2D eigenvalue weighted by atomic mass is 16.5. The number of carbonyl (C=O) groups excluding carboxylic acids is 2. The minimum absolute atomic E-state index is 0.00355. The summed E-state index contributed by atoms with van der Waals surface area (Å²) in [5.41, 5.74) is 2.45. The Morgan fingerprint density at radius 2 is 1.94 bits per heavy atom. The van der Waals surface area contributed by atoms with Crippen LogP contribution in [0.1, 0.15) is 27.7 Å². The molecule has 0 bridgehead atoms. The van der Waals surface area contributed by atoms with Crippen molar-refractivity contribution < 1.29 is 23.8 Å². The van der Waals surface area contributed by atoms with Gasteiger partial charge in [0, 0.05) is 23.5 Å². The van der Waals surface area contributed by atoms with Gasteiger partial charge in [-0.3, -0.25) is 19.5 Å². The molecule has 1 amide bonds. The van der Waals surface area contributed by atoms with Crippen molar-refractivity contribution in [2.45, 2.75) is 13.0 Å². The monoisotopic (exact) mass is 440 g/mol. The number of methoxy groups -OCH3 is 1. The molecule has 0 aliphatic carbocycles. The third kappa shape index (κ3) is 3.34. The molecule has 7 nitrogen and oxygen atoms in total. The topological polar surface area (TPSA) is 92.9 Å². The second-order valence-electron chi connectivity index (χ2n) is 7.78. The lowest BCUT2D eigenvalue weighted by Crippen LogP contribution is -2.31. The van der Waals surface area contributed by atoms with Crippen LogP contribution < -0.4 is 9.64 Å². The summed E-state index contributed by atoms with van der Waals surface area (Å²) < 4.78 is 11.2. The van der Waals surface area contributed by atoms with Gasteiger partial charge in [0.05, 0.1) is 18.7 Å². The molecule has 1 N–H and O–H groups in total. The fourth-order valence-corrected chi connectivity index (χ4v) is 4.18. The van der Waals surface area contributed by atoms with Crippen LogP contribution in [-0.4, -0.2) is 28.9 Å². The van der Waals surface area contributed by atoms with Gasteiger partial charge >= 0.3 is 0 Å². The summed E-state index contributed by atoms with van der Waals surface area (Å²) in [7, 11) is 1.51. The summed E-state index contributed by atoms with van der Waals surface area (Å²) in [6, 6.07) is 16.8. The van der Waals surface area contributed by atoms with Crippen molar-refractivity contribution in [1.29, 1.82) is 0 Å². The second-order valence-corrected chi connectivity index (χ2v) is 7.78. The van der Waals surface area contributed by atoms with Crippen LogP contribution in [0.5, 0.6) is 5.75 Å². The number of carbonyl (C=O) groups is 2. The maximum Gasteiger partial charge on any atom is 0.294 e. The van der Waals surface area contributed by atoms with Gasteiger partial charge in [-0.15, -0.1) is 0 Å². The van der Waals surface area contributed by atoms with Crippen LogP contribution in [0, 0.1) is 6.92 Å². The van der Waals surface area contributed by atoms with E-state index in [1.807, 2.05) is 25.1 Å². The molecule has 0 saturated carbocycles. The van der Waals surface area contributed by atoms with Crippen LogP contribution in [0.25, 0.3) is 11.0 Å². The predicted octanol–water partition coefficient (Wildman–Crippen LogP) is 4.93. The number of ketones is 1. The number of para-hydroxylation sites is 1. The zero-order valence-electron chi connectivity index (χ0n) is 18.0. The number of Topliss-reactive ketones (excluding diaryl/α,β-unsaturated/α-hetero) is 1. The number of hydrogen-bond donors (Lipinski definition) is 1. The molecular weight excluding hydrogens is 420 g/mol. The lowest BCUT2D eigenvalue weighted by Gasteiger charge is -2.26. The molecule has 7 heteroatoms. The normalized spacial score (nSPS) is 16.0.